The molecule has 3 nitrogen and oxygen atoms in total. The lowest BCUT2D eigenvalue weighted by Gasteiger charge is -2.01. The van der Waals surface area contributed by atoms with E-state index in [0.29, 0.717) is 6.61 Å². The Morgan fingerprint density at radius 1 is 1.20 bits per heavy atom. The number of anilines is 1. The van der Waals surface area contributed by atoms with Crippen LogP contribution >= 0.6 is 11.3 Å². The van der Waals surface area contributed by atoms with Crippen molar-refractivity contribution < 1.29 is 4.74 Å². The molecular formula is C16H16N2OS. The van der Waals surface area contributed by atoms with Crippen molar-refractivity contribution in [2.75, 3.05) is 12.3 Å². The van der Waals surface area contributed by atoms with Crippen LogP contribution in [0.5, 0.6) is 5.75 Å². The predicted octanol–water partition coefficient (Wildman–Crippen LogP) is 4.25. The topological polar surface area (TPSA) is 48.1 Å². The number of nitrogens with zero attached hydrogens (tertiary/aromatic N) is 1. The van der Waals surface area contributed by atoms with Crippen molar-refractivity contribution in [2.24, 2.45) is 0 Å². The van der Waals surface area contributed by atoms with Crippen LogP contribution in [0.15, 0.2) is 36.4 Å². The summed E-state index contributed by atoms with van der Waals surface area (Å²) in [5, 5.41) is 0.986. The summed E-state index contributed by atoms with van der Waals surface area (Å²) in [5.74, 6) is 0.888. The van der Waals surface area contributed by atoms with Crippen molar-refractivity contribution in [3.63, 3.8) is 0 Å². The van der Waals surface area contributed by atoms with Gasteiger partial charge in [0.2, 0.25) is 0 Å². The summed E-state index contributed by atoms with van der Waals surface area (Å²) in [5.41, 5.74) is 9.92. The number of aryl methyl sites for hydroxylation is 1. The Kier molecular flexibility index (Phi) is 3.32. The molecule has 20 heavy (non-hydrogen) atoms. The van der Waals surface area contributed by atoms with Crippen LogP contribution in [0.3, 0.4) is 0 Å². The maximum atomic E-state index is 5.97. The maximum Gasteiger partial charge on any atom is 0.124 e. The first-order valence-corrected chi connectivity index (χ1v) is 7.39. The molecule has 0 unspecified atom stereocenters. The number of rotatable bonds is 3. The molecule has 1 heterocycles. The van der Waals surface area contributed by atoms with Gasteiger partial charge in [0.25, 0.3) is 0 Å². The SMILES string of the molecule is CCOc1ccc2nc(-c3ccc(C)c(N)c3)sc2c1. The normalized spacial score (nSPS) is 10.9. The van der Waals surface area contributed by atoms with Gasteiger partial charge < -0.3 is 10.5 Å². The number of nitrogen functional groups attached to an aromatic ring is 1. The average Bonchev–Trinajstić information content (AvgIpc) is 2.85. The lowest BCUT2D eigenvalue weighted by atomic mass is 10.1. The quantitative estimate of drug-likeness (QED) is 0.731. The fourth-order valence-electron chi connectivity index (χ4n) is 2.06. The number of nitrogens with two attached hydrogens (primary N) is 1. The molecule has 0 saturated carbocycles. The largest absolute Gasteiger partial charge is 0.494 e. The van der Waals surface area contributed by atoms with Gasteiger partial charge in [-0.2, -0.15) is 0 Å². The Morgan fingerprint density at radius 2 is 2.05 bits per heavy atom. The molecule has 2 aromatic carbocycles. The van der Waals surface area contributed by atoms with Gasteiger partial charge in [-0.15, -0.1) is 11.3 Å². The molecule has 0 atom stereocenters. The Balaban J connectivity index is 2.05. The van der Waals surface area contributed by atoms with E-state index < -0.39 is 0 Å². The lowest BCUT2D eigenvalue weighted by molar-refractivity contribution is 0.341. The first-order valence-electron chi connectivity index (χ1n) is 6.57. The molecule has 102 valence electrons. The van der Waals surface area contributed by atoms with Crippen molar-refractivity contribution >= 4 is 27.2 Å². The highest BCUT2D eigenvalue weighted by Crippen LogP contribution is 2.33. The van der Waals surface area contributed by atoms with Crippen LogP contribution in [0.4, 0.5) is 5.69 Å². The molecule has 0 amide bonds. The van der Waals surface area contributed by atoms with Crippen molar-refractivity contribution in [2.45, 2.75) is 13.8 Å². The van der Waals surface area contributed by atoms with Crippen molar-refractivity contribution in [1.82, 2.24) is 4.98 Å². The summed E-state index contributed by atoms with van der Waals surface area (Å²) in [4.78, 5) is 4.66. The molecular weight excluding hydrogens is 268 g/mol. The fourth-order valence-corrected chi connectivity index (χ4v) is 3.05. The lowest BCUT2D eigenvalue weighted by Crippen LogP contribution is -1.90. The van der Waals surface area contributed by atoms with Gasteiger partial charge in [0, 0.05) is 11.3 Å². The minimum absolute atomic E-state index is 0.672. The molecule has 2 N–H and O–H groups in total. The summed E-state index contributed by atoms with van der Waals surface area (Å²) in [6.07, 6.45) is 0. The highest BCUT2D eigenvalue weighted by Gasteiger charge is 2.08. The molecule has 0 aliphatic rings. The highest BCUT2D eigenvalue weighted by atomic mass is 32.1. The summed E-state index contributed by atoms with van der Waals surface area (Å²) < 4.78 is 6.65. The maximum absolute atomic E-state index is 5.97. The van der Waals surface area contributed by atoms with Crippen LogP contribution in [0.2, 0.25) is 0 Å². The molecule has 0 radical (unpaired) electrons. The number of aromatic nitrogens is 1. The van der Waals surface area contributed by atoms with E-state index in [1.807, 2.05) is 44.2 Å². The van der Waals surface area contributed by atoms with Crippen LogP contribution in [-0.4, -0.2) is 11.6 Å². The molecule has 0 bridgehead atoms. The average molecular weight is 284 g/mol. The van der Waals surface area contributed by atoms with E-state index in [1.54, 1.807) is 11.3 Å². The third-order valence-electron chi connectivity index (χ3n) is 3.20. The van der Waals surface area contributed by atoms with Crippen molar-refractivity contribution in [3.8, 4) is 16.3 Å². The van der Waals surface area contributed by atoms with Crippen LogP contribution < -0.4 is 10.5 Å². The summed E-state index contributed by atoms with van der Waals surface area (Å²) in [6.45, 7) is 4.66. The second kappa shape index (κ2) is 5.13. The second-order valence-corrected chi connectivity index (χ2v) is 5.68. The smallest absolute Gasteiger partial charge is 0.124 e. The van der Waals surface area contributed by atoms with Gasteiger partial charge in [-0.1, -0.05) is 12.1 Å². The second-order valence-electron chi connectivity index (χ2n) is 4.65. The number of hydrogen-bond donors (Lipinski definition) is 1. The van der Waals surface area contributed by atoms with Crippen molar-refractivity contribution in [3.05, 3.63) is 42.0 Å². The van der Waals surface area contributed by atoms with Crippen LogP contribution in [0.25, 0.3) is 20.8 Å². The third-order valence-corrected chi connectivity index (χ3v) is 4.26. The van der Waals surface area contributed by atoms with Gasteiger partial charge in [0.15, 0.2) is 0 Å². The molecule has 3 rings (SSSR count). The minimum atomic E-state index is 0.672. The van der Waals surface area contributed by atoms with Crippen LogP contribution in [0.1, 0.15) is 12.5 Å². The summed E-state index contributed by atoms with van der Waals surface area (Å²) >= 11 is 1.66. The Morgan fingerprint density at radius 3 is 2.80 bits per heavy atom. The van der Waals surface area contributed by atoms with E-state index in [9.17, 15) is 0 Å². The summed E-state index contributed by atoms with van der Waals surface area (Å²) in [6, 6.07) is 12.1. The van der Waals surface area contributed by atoms with Gasteiger partial charge in [-0.3, -0.25) is 0 Å². The molecule has 1 aromatic heterocycles. The fraction of sp³-hybridized carbons (Fsp3) is 0.188. The zero-order chi connectivity index (χ0) is 14.1. The first-order chi connectivity index (χ1) is 9.67. The van der Waals surface area contributed by atoms with Crippen LogP contribution in [-0.2, 0) is 0 Å². The molecule has 0 aliphatic heterocycles. The summed E-state index contributed by atoms with van der Waals surface area (Å²) in [7, 11) is 0. The zero-order valence-electron chi connectivity index (χ0n) is 11.5. The van der Waals surface area contributed by atoms with Gasteiger partial charge in [0.05, 0.1) is 16.8 Å². The molecule has 0 fully saturated rings. The van der Waals surface area contributed by atoms with E-state index in [-0.39, 0.29) is 0 Å². The number of ether oxygens (including phenoxy) is 1. The van der Waals surface area contributed by atoms with E-state index in [1.165, 1.54) is 0 Å². The minimum Gasteiger partial charge on any atom is -0.494 e. The monoisotopic (exact) mass is 284 g/mol. The molecule has 0 aliphatic carbocycles. The predicted molar refractivity (Wildman–Crippen MR) is 85.4 cm³/mol. The van der Waals surface area contributed by atoms with E-state index >= 15 is 0 Å². The van der Waals surface area contributed by atoms with E-state index in [4.69, 9.17) is 10.5 Å². The number of benzene rings is 2. The first kappa shape index (κ1) is 12.9. The van der Waals surface area contributed by atoms with E-state index in [2.05, 4.69) is 11.1 Å². The van der Waals surface area contributed by atoms with Gasteiger partial charge >= 0.3 is 0 Å². The Bertz CT molecular complexity index is 764. The van der Waals surface area contributed by atoms with Crippen molar-refractivity contribution in [1.29, 1.82) is 0 Å². The van der Waals surface area contributed by atoms with Gasteiger partial charge in [0.1, 0.15) is 10.8 Å². The number of thiazole rings is 1. The van der Waals surface area contributed by atoms with E-state index in [0.717, 1.165) is 37.8 Å². The van der Waals surface area contributed by atoms with Crippen LogP contribution in [0, 0.1) is 6.92 Å². The molecule has 4 heteroatoms. The number of fused-ring (bicyclic) bond motifs is 1. The number of hydrogen-bond acceptors (Lipinski definition) is 4. The molecule has 0 spiro atoms. The van der Waals surface area contributed by atoms with Gasteiger partial charge in [-0.25, -0.2) is 4.98 Å². The van der Waals surface area contributed by atoms with Gasteiger partial charge in [-0.05, 0) is 43.7 Å². The molecule has 3 aromatic rings. The molecule has 0 saturated heterocycles. The third kappa shape index (κ3) is 2.34. The Labute approximate surface area is 122 Å². The highest BCUT2D eigenvalue weighted by molar-refractivity contribution is 7.21. The standard InChI is InChI=1S/C16H16N2OS/c1-3-19-12-6-7-14-15(9-12)20-16(18-14)11-5-4-10(2)13(17)8-11/h4-9H,3,17H2,1-2H3. The zero-order valence-corrected chi connectivity index (χ0v) is 12.3. The Hall–Kier alpha value is -2.07.